The number of amides is 3. The van der Waals surface area contributed by atoms with Crippen molar-refractivity contribution in [3.63, 3.8) is 0 Å². The van der Waals surface area contributed by atoms with Crippen LogP contribution in [0.15, 0.2) is 42.9 Å². The quantitative estimate of drug-likeness (QED) is 0.537. The molecule has 0 unspecified atom stereocenters. The third kappa shape index (κ3) is 3.89. The van der Waals surface area contributed by atoms with Gasteiger partial charge in [-0.2, -0.15) is 5.10 Å². The molecule has 2 atom stereocenters. The van der Waals surface area contributed by atoms with Crippen LogP contribution < -0.4 is 5.32 Å². The van der Waals surface area contributed by atoms with Crippen LogP contribution in [0, 0.1) is 5.82 Å². The molecule has 3 N–H and O–H groups in total. The average molecular weight is 426 g/mol. The molecule has 3 aromatic rings. The molecule has 1 aliphatic heterocycles. The van der Waals surface area contributed by atoms with Crippen molar-refractivity contribution in [1.29, 1.82) is 0 Å². The van der Waals surface area contributed by atoms with Crippen LogP contribution in [0.5, 0.6) is 0 Å². The van der Waals surface area contributed by atoms with Gasteiger partial charge in [-0.15, -0.1) is 0 Å². The highest BCUT2D eigenvalue weighted by Gasteiger charge is 2.39. The summed E-state index contributed by atoms with van der Waals surface area (Å²) in [6.07, 6.45) is 3.37. The molecule has 0 spiro atoms. The lowest BCUT2D eigenvalue weighted by atomic mass is 9.99. The van der Waals surface area contributed by atoms with E-state index in [4.69, 9.17) is 0 Å². The molecular formula is C20H19FN6O4. The van der Waals surface area contributed by atoms with E-state index >= 15 is 0 Å². The number of hydrogen-bond donors (Lipinski definition) is 3. The van der Waals surface area contributed by atoms with E-state index in [1.165, 1.54) is 46.5 Å². The number of nitrogens with zero attached hydrogens (tertiary/aromatic N) is 4. The minimum absolute atomic E-state index is 0.00705. The van der Waals surface area contributed by atoms with Crippen molar-refractivity contribution >= 4 is 34.5 Å². The standard InChI is InChI=1S/C20H19FN6O4/c1-11-9-27(16(10-26(11)20(30)31)12-2-4-14(21)5-3-12)19(29)18(28)24-15-8-22-6-13-7-23-25-17(13)15/h2-8,11,16H,9-10H2,1H3,(H,23,25)(H,24,28)(H,30,31)/t11-,16-/m1/s1. The topological polar surface area (TPSA) is 132 Å². The van der Waals surface area contributed by atoms with Gasteiger partial charge in [-0.25, -0.2) is 9.18 Å². The van der Waals surface area contributed by atoms with Crippen molar-refractivity contribution in [2.75, 3.05) is 18.4 Å². The Balaban J connectivity index is 1.61. The zero-order chi connectivity index (χ0) is 22.1. The number of carbonyl (C=O) groups is 3. The van der Waals surface area contributed by atoms with E-state index in [0.29, 0.717) is 22.2 Å². The van der Waals surface area contributed by atoms with Crippen LogP contribution in [0.25, 0.3) is 10.9 Å². The van der Waals surface area contributed by atoms with Crippen LogP contribution in [0.1, 0.15) is 18.5 Å². The SMILES string of the molecule is C[C@@H]1CN(C(=O)C(=O)Nc2cncc3cn[nH]c23)[C@@H](c2ccc(F)cc2)CN1C(=O)O. The third-order valence-corrected chi connectivity index (χ3v) is 5.30. The van der Waals surface area contributed by atoms with Crippen LogP contribution in [-0.4, -0.2) is 67.1 Å². The van der Waals surface area contributed by atoms with Crippen LogP contribution >= 0.6 is 0 Å². The zero-order valence-corrected chi connectivity index (χ0v) is 16.4. The van der Waals surface area contributed by atoms with Gasteiger partial charge in [0.2, 0.25) is 0 Å². The molecule has 4 rings (SSSR count). The Morgan fingerprint density at radius 1 is 1.13 bits per heavy atom. The Hall–Kier alpha value is -4.02. The molecule has 3 amide bonds. The number of benzene rings is 1. The van der Waals surface area contributed by atoms with Crippen LogP contribution in [0.4, 0.5) is 14.9 Å². The van der Waals surface area contributed by atoms with Gasteiger partial charge < -0.3 is 20.2 Å². The summed E-state index contributed by atoms with van der Waals surface area (Å²) in [5.41, 5.74) is 1.34. The maximum Gasteiger partial charge on any atom is 0.407 e. The highest BCUT2D eigenvalue weighted by Crippen LogP contribution is 2.29. The lowest BCUT2D eigenvalue weighted by molar-refractivity contribution is -0.147. The molecule has 11 heteroatoms. The molecule has 31 heavy (non-hydrogen) atoms. The number of carbonyl (C=O) groups excluding carboxylic acids is 2. The van der Waals surface area contributed by atoms with E-state index < -0.39 is 35.8 Å². The van der Waals surface area contributed by atoms with Crippen molar-refractivity contribution < 1.29 is 23.9 Å². The first kappa shape index (κ1) is 20.3. The highest BCUT2D eigenvalue weighted by molar-refractivity contribution is 6.40. The molecule has 3 heterocycles. The average Bonchev–Trinajstić information content (AvgIpc) is 3.23. The van der Waals surface area contributed by atoms with E-state index in [-0.39, 0.29) is 13.1 Å². The summed E-state index contributed by atoms with van der Waals surface area (Å²) < 4.78 is 13.4. The Morgan fingerprint density at radius 2 is 1.87 bits per heavy atom. The number of aromatic nitrogens is 3. The van der Waals surface area contributed by atoms with Gasteiger partial charge in [0.05, 0.1) is 29.6 Å². The van der Waals surface area contributed by atoms with Gasteiger partial charge in [0.1, 0.15) is 5.82 Å². The monoisotopic (exact) mass is 426 g/mol. The first-order valence-corrected chi connectivity index (χ1v) is 9.49. The largest absolute Gasteiger partial charge is 0.465 e. The number of halogens is 1. The van der Waals surface area contributed by atoms with Crippen molar-refractivity contribution in [1.82, 2.24) is 25.0 Å². The predicted octanol–water partition coefficient (Wildman–Crippen LogP) is 1.99. The normalized spacial score (nSPS) is 18.8. The van der Waals surface area contributed by atoms with Gasteiger partial charge in [-0.05, 0) is 24.6 Å². The maximum atomic E-state index is 13.4. The Bertz CT molecular complexity index is 1150. The van der Waals surface area contributed by atoms with Gasteiger partial charge in [0, 0.05) is 30.7 Å². The smallest absolute Gasteiger partial charge is 0.407 e. The molecule has 160 valence electrons. The first-order chi connectivity index (χ1) is 14.8. The molecular weight excluding hydrogens is 407 g/mol. The van der Waals surface area contributed by atoms with Crippen molar-refractivity contribution in [3.8, 4) is 0 Å². The second-order valence-electron chi connectivity index (χ2n) is 7.28. The number of anilines is 1. The Labute approximate surface area is 175 Å². The van der Waals surface area contributed by atoms with E-state index in [0.717, 1.165) is 0 Å². The summed E-state index contributed by atoms with van der Waals surface area (Å²) in [6.45, 7) is 1.62. The minimum Gasteiger partial charge on any atom is -0.465 e. The van der Waals surface area contributed by atoms with E-state index in [1.807, 2.05) is 0 Å². The van der Waals surface area contributed by atoms with Gasteiger partial charge in [-0.3, -0.25) is 19.7 Å². The number of hydrogen-bond acceptors (Lipinski definition) is 5. The summed E-state index contributed by atoms with van der Waals surface area (Å²) in [4.78, 5) is 44.0. The molecule has 0 bridgehead atoms. The number of carboxylic acid groups (broad SMARTS) is 1. The molecule has 1 aromatic carbocycles. The number of H-pyrrole nitrogens is 1. The van der Waals surface area contributed by atoms with E-state index in [2.05, 4.69) is 20.5 Å². The number of fused-ring (bicyclic) bond motifs is 1. The summed E-state index contributed by atoms with van der Waals surface area (Å²) in [5.74, 6) is -2.19. The summed E-state index contributed by atoms with van der Waals surface area (Å²) in [7, 11) is 0. The Kier molecular flexibility index (Phi) is 5.24. The summed E-state index contributed by atoms with van der Waals surface area (Å²) in [5, 5.41) is 19.3. The molecule has 2 aromatic heterocycles. The number of nitrogens with one attached hydrogen (secondary N) is 2. The molecule has 0 aliphatic carbocycles. The fraction of sp³-hybridized carbons (Fsp3) is 0.250. The third-order valence-electron chi connectivity index (χ3n) is 5.30. The highest BCUT2D eigenvalue weighted by atomic mass is 19.1. The number of aromatic amines is 1. The van der Waals surface area contributed by atoms with Gasteiger partial charge in [-0.1, -0.05) is 12.1 Å². The number of rotatable bonds is 2. The lowest BCUT2D eigenvalue weighted by Gasteiger charge is -2.44. The van der Waals surface area contributed by atoms with Crippen LogP contribution in [0.3, 0.4) is 0 Å². The lowest BCUT2D eigenvalue weighted by Crippen LogP contribution is -2.58. The number of pyridine rings is 1. The maximum absolute atomic E-state index is 13.4. The van der Waals surface area contributed by atoms with Crippen molar-refractivity contribution in [2.24, 2.45) is 0 Å². The molecule has 1 fully saturated rings. The molecule has 0 saturated carbocycles. The predicted molar refractivity (Wildman–Crippen MR) is 108 cm³/mol. The zero-order valence-electron chi connectivity index (χ0n) is 16.4. The van der Waals surface area contributed by atoms with Crippen LogP contribution in [0.2, 0.25) is 0 Å². The van der Waals surface area contributed by atoms with E-state index in [1.54, 1.807) is 13.1 Å². The van der Waals surface area contributed by atoms with Gasteiger partial charge in [0.15, 0.2) is 0 Å². The van der Waals surface area contributed by atoms with Gasteiger partial charge >= 0.3 is 17.9 Å². The molecule has 1 aliphatic rings. The second kappa shape index (κ2) is 8.01. The first-order valence-electron chi connectivity index (χ1n) is 9.49. The molecule has 10 nitrogen and oxygen atoms in total. The summed E-state index contributed by atoms with van der Waals surface area (Å²) >= 11 is 0. The van der Waals surface area contributed by atoms with E-state index in [9.17, 15) is 23.9 Å². The second-order valence-corrected chi connectivity index (χ2v) is 7.28. The van der Waals surface area contributed by atoms with Gasteiger partial charge in [0.25, 0.3) is 0 Å². The van der Waals surface area contributed by atoms with Crippen molar-refractivity contribution in [3.05, 3.63) is 54.2 Å². The molecule has 1 saturated heterocycles. The summed E-state index contributed by atoms with van der Waals surface area (Å²) in [6, 6.07) is 4.14. The van der Waals surface area contributed by atoms with Crippen molar-refractivity contribution in [2.45, 2.75) is 19.0 Å². The van der Waals surface area contributed by atoms with Crippen LogP contribution in [-0.2, 0) is 9.59 Å². The fourth-order valence-electron chi connectivity index (χ4n) is 3.70. The Morgan fingerprint density at radius 3 is 2.58 bits per heavy atom. The molecule has 0 radical (unpaired) electrons. The number of piperazine rings is 1. The minimum atomic E-state index is -1.13. The fourth-order valence-corrected chi connectivity index (χ4v) is 3.70.